The number of aldehydes is 1. The van der Waals surface area contributed by atoms with Crippen LogP contribution in [-0.2, 0) is 23.9 Å². The van der Waals surface area contributed by atoms with Crippen LogP contribution in [0.5, 0.6) is 0 Å². The van der Waals surface area contributed by atoms with E-state index in [0.29, 0.717) is 6.54 Å². The monoisotopic (exact) mass is 450 g/mol. The van der Waals surface area contributed by atoms with Crippen molar-refractivity contribution < 1.29 is 28.7 Å². The summed E-state index contributed by atoms with van der Waals surface area (Å²) in [6, 6.07) is -1.57. The van der Waals surface area contributed by atoms with Crippen LogP contribution in [0, 0.1) is 17.8 Å². The van der Waals surface area contributed by atoms with Gasteiger partial charge in [-0.2, -0.15) is 0 Å². The zero-order valence-electron chi connectivity index (χ0n) is 19.0. The number of likely N-dealkylation sites (tertiary alicyclic amines) is 2. The number of primary amides is 1. The number of fused-ring (bicyclic) bond motifs is 1. The molecule has 3 N–H and O–H groups in total. The lowest BCUT2D eigenvalue weighted by atomic mass is 9.78. The summed E-state index contributed by atoms with van der Waals surface area (Å²) in [6.07, 6.45) is 4.01. The van der Waals surface area contributed by atoms with E-state index in [2.05, 4.69) is 5.32 Å². The van der Waals surface area contributed by atoms with E-state index in [9.17, 15) is 24.0 Å². The molecule has 2 aliphatic heterocycles. The highest BCUT2D eigenvalue weighted by Gasteiger charge is 2.51. The Morgan fingerprint density at radius 2 is 1.78 bits per heavy atom. The molecule has 10 heteroatoms. The van der Waals surface area contributed by atoms with Crippen molar-refractivity contribution in [3.05, 3.63) is 0 Å². The molecule has 32 heavy (non-hydrogen) atoms. The quantitative estimate of drug-likeness (QED) is 0.582. The van der Waals surface area contributed by atoms with Crippen LogP contribution in [0.25, 0.3) is 0 Å². The largest absolute Gasteiger partial charge is 0.444 e. The predicted octanol–water partition coefficient (Wildman–Crippen LogP) is 0.430. The van der Waals surface area contributed by atoms with E-state index in [4.69, 9.17) is 10.5 Å². The highest BCUT2D eigenvalue weighted by molar-refractivity contribution is 5.94. The first-order valence-corrected chi connectivity index (χ1v) is 11.3. The zero-order valence-corrected chi connectivity index (χ0v) is 19.0. The number of rotatable bonds is 5. The van der Waals surface area contributed by atoms with Crippen LogP contribution in [0.1, 0.15) is 52.9 Å². The Hall–Kier alpha value is -2.65. The standard InChI is InChI=1S/C22H34N4O6/c1-22(2,3)32-21(31)24-9-17(28)26-11-14-6-4-5-7-15(14)18(26)20(30)25-10-13(12-27)8-16(25)19(23)29/h12-16,18H,4-11H2,1-3H3,(H2,23,29)(H,24,31)/t13?,14?,15?,16?,18-/m0/s1. The predicted molar refractivity (Wildman–Crippen MR) is 114 cm³/mol. The molecule has 0 bridgehead atoms. The lowest BCUT2D eigenvalue weighted by Crippen LogP contribution is -2.55. The van der Waals surface area contributed by atoms with Crippen LogP contribution in [0.15, 0.2) is 0 Å². The molecule has 2 saturated heterocycles. The van der Waals surface area contributed by atoms with Crippen molar-refractivity contribution in [3.8, 4) is 0 Å². The molecule has 0 aromatic rings. The molecule has 2 heterocycles. The Bertz CT molecular complexity index is 779. The highest BCUT2D eigenvalue weighted by atomic mass is 16.6. The highest BCUT2D eigenvalue weighted by Crippen LogP contribution is 2.42. The van der Waals surface area contributed by atoms with E-state index < -0.39 is 35.6 Å². The molecule has 4 unspecified atom stereocenters. The summed E-state index contributed by atoms with van der Waals surface area (Å²) in [6.45, 7) is 5.46. The van der Waals surface area contributed by atoms with E-state index in [0.717, 1.165) is 32.0 Å². The second kappa shape index (κ2) is 9.46. The van der Waals surface area contributed by atoms with Gasteiger partial charge in [-0.1, -0.05) is 12.8 Å². The lowest BCUT2D eigenvalue weighted by Gasteiger charge is -2.34. The molecule has 1 saturated carbocycles. The number of carbonyl (C=O) groups excluding carboxylic acids is 5. The number of carbonyl (C=O) groups is 5. The maximum atomic E-state index is 13.6. The topological polar surface area (TPSA) is 139 Å². The molecule has 1 aliphatic carbocycles. The molecular formula is C22H34N4O6. The van der Waals surface area contributed by atoms with Crippen molar-refractivity contribution in [2.45, 2.75) is 70.6 Å². The van der Waals surface area contributed by atoms with E-state index in [1.165, 1.54) is 9.80 Å². The molecule has 0 aromatic carbocycles. The number of nitrogens with zero attached hydrogens (tertiary/aromatic N) is 2. The number of alkyl carbamates (subject to hydrolysis) is 1. The Kier molecular flexibility index (Phi) is 7.09. The third kappa shape index (κ3) is 5.21. The maximum absolute atomic E-state index is 13.6. The maximum Gasteiger partial charge on any atom is 0.408 e. The third-order valence-electron chi connectivity index (χ3n) is 6.63. The van der Waals surface area contributed by atoms with Gasteiger partial charge in [0.25, 0.3) is 0 Å². The normalized spacial score (nSPS) is 29.9. The average Bonchev–Trinajstić information content (AvgIpc) is 3.32. The Morgan fingerprint density at radius 3 is 2.41 bits per heavy atom. The molecule has 0 radical (unpaired) electrons. The molecule has 5 atom stereocenters. The third-order valence-corrected chi connectivity index (χ3v) is 6.63. The smallest absolute Gasteiger partial charge is 0.408 e. The number of hydrogen-bond donors (Lipinski definition) is 2. The van der Waals surface area contributed by atoms with E-state index in [1.54, 1.807) is 20.8 Å². The Morgan fingerprint density at radius 1 is 1.09 bits per heavy atom. The van der Waals surface area contributed by atoms with Gasteiger partial charge >= 0.3 is 6.09 Å². The number of nitrogens with one attached hydrogen (secondary N) is 1. The first-order valence-electron chi connectivity index (χ1n) is 11.3. The molecule has 178 valence electrons. The van der Waals surface area contributed by atoms with Crippen molar-refractivity contribution in [1.29, 1.82) is 0 Å². The van der Waals surface area contributed by atoms with Crippen LogP contribution >= 0.6 is 0 Å². The van der Waals surface area contributed by atoms with Gasteiger partial charge in [-0.25, -0.2) is 4.79 Å². The number of ether oxygens (including phenoxy) is 1. The van der Waals surface area contributed by atoms with Gasteiger partial charge in [0.15, 0.2) is 0 Å². The average molecular weight is 451 g/mol. The summed E-state index contributed by atoms with van der Waals surface area (Å²) in [5.41, 5.74) is 4.82. The van der Waals surface area contributed by atoms with Gasteiger partial charge in [0, 0.05) is 19.0 Å². The molecular weight excluding hydrogens is 416 g/mol. The van der Waals surface area contributed by atoms with Gasteiger partial charge in [0.05, 0.1) is 0 Å². The fraction of sp³-hybridized carbons (Fsp3) is 0.773. The summed E-state index contributed by atoms with van der Waals surface area (Å²) < 4.78 is 5.19. The zero-order chi connectivity index (χ0) is 23.6. The summed E-state index contributed by atoms with van der Waals surface area (Å²) >= 11 is 0. The second-order valence-corrected chi connectivity index (χ2v) is 10.1. The van der Waals surface area contributed by atoms with Crippen LogP contribution in [0.3, 0.4) is 0 Å². The van der Waals surface area contributed by atoms with Crippen LogP contribution in [0.4, 0.5) is 4.79 Å². The van der Waals surface area contributed by atoms with Crippen molar-refractivity contribution in [3.63, 3.8) is 0 Å². The van der Waals surface area contributed by atoms with Gasteiger partial charge in [-0.15, -0.1) is 0 Å². The lowest BCUT2D eigenvalue weighted by molar-refractivity contribution is -0.147. The number of nitrogens with two attached hydrogens (primary N) is 1. The van der Waals surface area contributed by atoms with Crippen molar-refractivity contribution in [1.82, 2.24) is 15.1 Å². The molecule has 0 spiro atoms. The van der Waals surface area contributed by atoms with Crippen LogP contribution in [-0.4, -0.2) is 77.2 Å². The van der Waals surface area contributed by atoms with E-state index in [-0.39, 0.29) is 43.2 Å². The van der Waals surface area contributed by atoms with Gasteiger partial charge in [0.2, 0.25) is 17.7 Å². The van der Waals surface area contributed by atoms with Crippen LogP contribution in [0.2, 0.25) is 0 Å². The summed E-state index contributed by atoms with van der Waals surface area (Å²) in [4.78, 5) is 64.8. The van der Waals surface area contributed by atoms with Gasteiger partial charge in [-0.3, -0.25) is 14.4 Å². The summed E-state index contributed by atoms with van der Waals surface area (Å²) in [5.74, 6) is -1.61. The van der Waals surface area contributed by atoms with Crippen molar-refractivity contribution in [2.75, 3.05) is 19.6 Å². The molecule has 10 nitrogen and oxygen atoms in total. The Balaban J connectivity index is 1.76. The fourth-order valence-electron chi connectivity index (χ4n) is 5.26. The minimum absolute atomic E-state index is 0.00876. The minimum Gasteiger partial charge on any atom is -0.444 e. The van der Waals surface area contributed by atoms with Crippen LogP contribution < -0.4 is 11.1 Å². The molecule has 4 amide bonds. The summed E-state index contributed by atoms with van der Waals surface area (Å²) in [5, 5.41) is 2.47. The molecule has 3 rings (SSSR count). The summed E-state index contributed by atoms with van der Waals surface area (Å²) in [7, 11) is 0. The van der Waals surface area contributed by atoms with Crippen molar-refractivity contribution in [2.24, 2.45) is 23.5 Å². The van der Waals surface area contributed by atoms with Crippen molar-refractivity contribution >= 4 is 30.1 Å². The van der Waals surface area contributed by atoms with E-state index in [1.807, 2.05) is 0 Å². The Labute approximate surface area is 188 Å². The van der Waals surface area contributed by atoms with Gasteiger partial charge < -0.3 is 30.4 Å². The molecule has 3 aliphatic rings. The minimum atomic E-state index is -0.850. The molecule has 0 aromatic heterocycles. The first kappa shape index (κ1) is 24.0. The SMILES string of the molecule is CC(C)(C)OC(=O)NCC(=O)N1CC2CCCCC2[C@H]1C(=O)N1CC(C=O)CC1C(N)=O. The number of hydrogen-bond acceptors (Lipinski definition) is 6. The first-order chi connectivity index (χ1) is 15.0. The second-order valence-electron chi connectivity index (χ2n) is 10.1. The fourth-order valence-corrected chi connectivity index (χ4v) is 5.26. The van der Waals surface area contributed by atoms with Gasteiger partial charge in [-0.05, 0) is 51.9 Å². The number of amides is 4. The van der Waals surface area contributed by atoms with Gasteiger partial charge in [0.1, 0.15) is 30.5 Å². The molecule has 3 fully saturated rings. The van der Waals surface area contributed by atoms with E-state index >= 15 is 0 Å².